The molecule has 0 amide bonds. The molecule has 0 radical (unpaired) electrons. The zero-order chi connectivity index (χ0) is 15.4. The summed E-state index contributed by atoms with van der Waals surface area (Å²) < 4.78 is 26.6. The van der Waals surface area contributed by atoms with Crippen molar-refractivity contribution in [2.75, 3.05) is 5.43 Å². The van der Waals surface area contributed by atoms with Crippen LogP contribution in [0.25, 0.3) is 0 Å². The number of nitrogens with one attached hydrogen (secondary N) is 1. The fourth-order valence-corrected chi connectivity index (χ4v) is 2.65. The predicted octanol–water partition coefficient (Wildman–Crippen LogP) is 3.45. The number of nitro benzene ring substituents is 1. The number of nitrogen functional groups attached to an aromatic ring is 1. The van der Waals surface area contributed by atoms with Crippen molar-refractivity contribution >= 4 is 23.1 Å². The highest BCUT2D eigenvalue weighted by molar-refractivity contribution is 7.98. The molecule has 0 aliphatic heterocycles. The lowest BCUT2D eigenvalue weighted by atomic mass is 10.2. The molecule has 21 heavy (non-hydrogen) atoms. The number of nitro groups is 1. The summed E-state index contributed by atoms with van der Waals surface area (Å²) in [6.07, 6.45) is 0. The number of nitrogens with zero attached hydrogens (tertiary/aromatic N) is 1. The van der Waals surface area contributed by atoms with Gasteiger partial charge in [-0.05, 0) is 29.8 Å². The average Bonchev–Trinajstić information content (AvgIpc) is 2.47. The van der Waals surface area contributed by atoms with E-state index in [-0.39, 0.29) is 16.3 Å². The minimum absolute atomic E-state index is 0.0932. The second kappa shape index (κ2) is 6.51. The Hall–Kier alpha value is -2.19. The predicted molar refractivity (Wildman–Crippen MR) is 76.8 cm³/mol. The number of rotatable bonds is 5. The van der Waals surface area contributed by atoms with Crippen LogP contribution in [0.3, 0.4) is 0 Å². The molecule has 0 bridgehead atoms. The molecule has 2 aromatic rings. The molecule has 0 unspecified atom stereocenters. The highest BCUT2D eigenvalue weighted by Crippen LogP contribution is 2.30. The van der Waals surface area contributed by atoms with Crippen LogP contribution in [-0.2, 0) is 5.75 Å². The van der Waals surface area contributed by atoms with E-state index in [2.05, 4.69) is 5.43 Å². The molecule has 0 aliphatic carbocycles. The first kappa shape index (κ1) is 15.2. The fourth-order valence-electron chi connectivity index (χ4n) is 1.70. The molecule has 110 valence electrons. The maximum Gasteiger partial charge on any atom is 0.269 e. The van der Waals surface area contributed by atoms with E-state index < -0.39 is 16.6 Å². The van der Waals surface area contributed by atoms with Gasteiger partial charge in [0.05, 0.1) is 10.6 Å². The molecule has 0 heterocycles. The summed E-state index contributed by atoms with van der Waals surface area (Å²) in [7, 11) is 0. The minimum Gasteiger partial charge on any atom is -0.324 e. The van der Waals surface area contributed by atoms with Crippen molar-refractivity contribution in [2.45, 2.75) is 10.6 Å². The second-order valence-electron chi connectivity index (χ2n) is 4.11. The topological polar surface area (TPSA) is 81.2 Å². The van der Waals surface area contributed by atoms with Crippen molar-refractivity contribution in [3.63, 3.8) is 0 Å². The highest BCUT2D eigenvalue weighted by atomic mass is 32.2. The number of hydrogen-bond donors (Lipinski definition) is 2. The van der Waals surface area contributed by atoms with E-state index in [0.29, 0.717) is 11.3 Å². The number of hydrogen-bond acceptors (Lipinski definition) is 5. The lowest BCUT2D eigenvalue weighted by Crippen LogP contribution is -2.09. The van der Waals surface area contributed by atoms with E-state index in [1.165, 1.54) is 18.2 Å². The van der Waals surface area contributed by atoms with Crippen LogP contribution in [0.1, 0.15) is 5.56 Å². The summed E-state index contributed by atoms with van der Waals surface area (Å²) in [5, 5.41) is 10.8. The molecule has 3 N–H and O–H groups in total. The van der Waals surface area contributed by atoms with Crippen LogP contribution in [0.5, 0.6) is 0 Å². The van der Waals surface area contributed by atoms with E-state index >= 15 is 0 Å². The zero-order valence-electron chi connectivity index (χ0n) is 10.7. The van der Waals surface area contributed by atoms with Crippen LogP contribution in [0.15, 0.2) is 41.3 Å². The van der Waals surface area contributed by atoms with Gasteiger partial charge in [-0.3, -0.25) is 16.0 Å². The van der Waals surface area contributed by atoms with Crippen LogP contribution in [0.2, 0.25) is 0 Å². The van der Waals surface area contributed by atoms with Gasteiger partial charge < -0.3 is 5.43 Å². The van der Waals surface area contributed by atoms with Gasteiger partial charge in [0.25, 0.3) is 5.69 Å². The number of non-ortho nitro benzene ring substituents is 1. The van der Waals surface area contributed by atoms with Crippen LogP contribution < -0.4 is 11.3 Å². The number of anilines is 1. The molecule has 8 heteroatoms. The molecule has 0 saturated carbocycles. The van der Waals surface area contributed by atoms with Gasteiger partial charge in [-0.1, -0.05) is 0 Å². The lowest BCUT2D eigenvalue weighted by molar-refractivity contribution is -0.384. The first-order valence-corrected chi connectivity index (χ1v) is 6.81. The maximum absolute atomic E-state index is 13.5. The summed E-state index contributed by atoms with van der Waals surface area (Å²) in [6.45, 7) is 0. The van der Waals surface area contributed by atoms with Crippen LogP contribution in [0.4, 0.5) is 20.2 Å². The van der Waals surface area contributed by atoms with Gasteiger partial charge in [0.1, 0.15) is 11.6 Å². The van der Waals surface area contributed by atoms with Crippen LogP contribution in [-0.4, -0.2) is 4.92 Å². The third kappa shape index (κ3) is 3.67. The summed E-state index contributed by atoms with van der Waals surface area (Å²) in [6, 6.07) is 7.27. The molecular weight excluding hydrogens is 300 g/mol. The average molecular weight is 311 g/mol. The third-order valence-corrected chi connectivity index (χ3v) is 3.81. The van der Waals surface area contributed by atoms with Crippen LogP contribution in [0, 0.1) is 21.7 Å². The Kier molecular flexibility index (Phi) is 4.71. The SMILES string of the molecule is NNc1ccc([N+](=O)[O-])cc1CSc1cc(F)ccc1F. The fraction of sp³-hybridized carbons (Fsp3) is 0.0769. The molecule has 5 nitrogen and oxygen atoms in total. The summed E-state index contributed by atoms with van der Waals surface area (Å²) in [4.78, 5) is 10.4. The molecule has 2 aromatic carbocycles. The van der Waals surface area contributed by atoms with Gasteiger partial charge in [0.2, 0.25) is 0 Å². The third-order valence-electron chi connectivity index (χ3n) is 2.73. The number of halogens is 2. The number of hydrazine groups is 1. The normalized spacial score (nSPS) is 10.4. The smallest absolute Gasteiger partial charge is 0.269 e. The van der Waals surface area contributed by atoms with Crippen molar-refractivity contribution in [1.29, 1.82) is 0 Å². The standard InChI is InChI=1S/C13H11F2N3O2S/c14-9-1-3-11(15)13(6-9)21-7-8-5-10(18(19)20)2-4-12(8)17-16/h1-6,17H,7,16H2. The zero-order valence-corrected chi connectivity index (χ0v) is 11.5. The first-order chi connectivity index (χ1) is 10.0. The Morgan fingerprint density at radius 3 is 2.67 bits per heavy atom. The van der Waals surface area contributed by atoms with Gasteiger partial charge in [0.15, 0.2) is 0 Å². The highest BCUT2D eigenvalue weighted by Gasteiger charge is 2.12. The molecule has 0 aromatic heterocycles. The Morgan fingerprint density at radius 1 is 1.24 bits per heavy atom. The Balaban J connectivity index is 2.24. The van der Waals surface area contributed by atoms with E-state index in [4.69, 9.17) is 5.84 Å². The number of nitrogens with two attached hydrogens (primary N) is 1. The Labute approximate surface area is 123 Å². The van der Waals surface area contributed by atoms with Crippen molar-refractivity contribution in [2.24, 2.45) is 5.84 Å². The van der Waals surface area contributed by atoms with Crippen molar-refractivity contribution < 1.29 is 13.7 Å². The number of benzene rings is 2. The van der Waals surface area contributed by atoms with Crippen LogP contribution >= 0.6 is 11.8 Å². The molecular formula is C13H11F2N3O2S. The van der Waals surface area contributed by atoms with Gasteiger partial charge in [-0.25, -0.2) is 8.78 Å². The van der Waals surface area contributed by atoms with Gasteiger partial charge >= 0.3 is 0 Å². The van der Waals surface area contributed by atoms with E-state index in [9.17, 15) is 18.9 Å². The molecule has 2 rings (SSSR count). The summed E-state index contributed by atoms with van der Waals surface area (Å²) in [5.74, 6) is 4.45. The van der Waals surface area contributed by atoms with E-state index in [1.54, 1.807) is 0 Å². The largest absolute Gasteiger partial charge is 0.324 e. The first-order valence-electron chi connectivity index (χ1n) is 5.83. The molecule has 0 aliphatic rings. The maximum atomic E-state index is 13.5. The van der Waals surface area contributed by atoms with Crippen molar-refractivity contribution in [1.82, 2.24) is 0 Å². The van der Waals surface area contributed by atoms with Crippen molar-refractivity contribution in [3.8, 4) is 0 Å². The second-order valence-corrected chi connectivity index (χ2v) is 5.12. The molecule has 0 fully saturated rings. The van der Waals surface area contributed by atoms with E-state index in [1.807, 2.05) is 0 Å². The monoisotopic (exact) mass is 311 g/mol. The molecule has 0 atom stereocenters. The minimum atomic E-state index is -0.547. The van der Waals surface area contributed by atoms with E-state index in [0.717, 1.165) is 30.0 Å². The lowest BCUT2D eigenvalue weighted by Gasteiger charge is -2.09. The number of thioether (sulfide) groups is 1. The molecule has 0 saturated heterocycles. The quantitative estimate of drug-likeness (QED) is 0.382. The van der Waals surface area contributed by atoms with Gasteiger partial charge in [-0.15, -0.1) is 11.8 Å². The molecule has 0 spiro atoms. The summed E-state index contributed by atoms with van der Waals surface area (Å²) >= 11 is 1.03. The van der Waals surface area contributed by atoms with Gasteiger partial charge in [0, 0.05) is 22.8 Å². The van der Waals surface area contributed by atoms with Gasteiger partial charge in [-0.2, -0.15) is 0 Å². The Morgan fingerprint density at radius 2 is 2.00 bits per heavy atom. The Bertz CT molecular complexity index is 682. The van der Waals surface area contributed by atoms with Crippen molar-refractivity contribution in [3.05, 3.63) is 63.7 Å². The summed E-state index contributed by atoms with van der Waals surface area (Å²) in [5.41, 5.74) is 3.35.